The molecule has 3 aliphatic rings. The predicted octanol–water partition coefficient (Wildman–Crippen LogP) is 9.28. The second-order valence-corrected chi connectivity index (χ2v) is 24.4. The largest absolute Gasteiger partial charge is 0.468 e. The van der Waals surface area contributed by atoms with Gasteiger partial charge in [-0.25, -0.2) is 18.4 Å². The number of hydrogen-bond acceptors (Lipinski definition) is 11. The number of piperazine rings is 1. The number of halogens is 2. The Hall–Kier alpha value is -5.08. The number of fused-ring (bicyclic) bond motifs is 4. The van der Waals surface area contributed by atoms with Gasteiger partial charge in [-0.2, -0.15) is 9.97 Å². The van der Waals surface area contributed by atoms with Crippen LogP contribution in [0.3, 0.4) is 0 Å². The molecule has 2 atom stereocenters. The first kappa shape index (κ1) is 48.8. The number of rotatable bonds is 17. The van der Waals surface area contributed by atoms with Crippen LogP contribution in [0.25, 0.3) is 32.8 Å². The normalized spacial score (nSPS) is 18.1. The van der Waals surface area contributed by atoms with E-state index in [-0.39, 0.29) is 60.7 Å². The molecule has 4 aromatic rings. The van der Waals surface area contributed by atoms with E-state index in [1.165, 1.54) is 18.1 Å². The number of carbonyl (C=O) groups is 2. The fraction of sp³-hybridized carbons (Fsp3) is 0.560. The molecule has 3 aliphatic heterocycles. The number of carbonyl (C=O) groups excluding carboxylic acids is 1. The van der Waals surface area contributed by atoms with Crippen molar-refractivity contribution < 1.29 is 47.2 Å². The van der Waals surface area contributed by atoms with Gasteiger partial charge < -0.3 is 33.7 Å². The van der Waals surface area contributed by atoms with E-state index in [1.54, 1.807) is 37.3 Å². The summed E-state index contributed by atoms with van der Waals surface area (Å²) in [6, 6.07) is 9.54. The molecular weight excluding hydrogens is 865 g/mol. The molecule has 66 heavy (non-hydrogen) atoms. The summed E-state index contributed by atoms with van der Waals surface area (Å²) in [7, 11) is -0.795. The van der Waals surface area contributed by atoms with E-state index >= 15 is 8.78 Å². The number of anilines is 1. The summed E-state index contributed by atoms with van der Waals surface area (Å²) >= 11 is 0. The Kier molecular flexibility index (Phi) is 15.7. The molecule has 3 aromatic carbocycles. The van der Waals surface area contributed by atoms with Gasteiger partial charge in [0.2, 0.25) is 0 Å². The van der Waals surface area contributed by atoms with Crippen LogP contribution in [0.15, 0.2) is 36.4 Å². The maximum Gasteiger partial charge on any atom is 0.407 e. The van der Waals surface area contributed by atoms with E-state index in [0.717, 1.165) is 38.8 Å². The summed E-state index contributed by atoms with van der Waals surface area (Å²) in [6.07, 6.45) is 2.29. The minimum absolute atomic E-state index is 0.000744. The Bertz CT molecular complexity index is 2420. The monoisotopic (exact) mass is 929 g/mol. The van der Waals surface area contributed by atoms with E-state index in [2.05, 4.69) is 57.9 Å². The highest BCUT2D eigenvalue weighted by atomic mass is 28.3. The molecule has 0 radical (unpaired) electrons. The van der Waals surface area contributed by atoms with Crippen molar-refractivity contribution in [3.63, 3.8) is 0 Å². The molecule has 0 spiro atoms. The molecule has 0 aliphatic carbocycles. The third-order valence-corrected chi connectivity index (χ3v) is 20.2. The number of amides is 1. The van der Waals surface area contributed by atoms with Gasteiger partial charge in [0.15, 0.2) is 12.6 Å². The minimum Gasteiger partial charge on any atom is -0.468 e. The molecular formula is C50H65F2N5O8Si. The lowest BCUT2D eigenvalue weighted by Gasteiger charge is -2.40. The number of methoxy groups -OCH3 is 1. The van der Waals surface area contributed by atoms with E-state index < -0.39 is 25.8 Å². The Balaban J connectivity index is 1.27. The Morgan fingerprint density at radius 1 is 0.909 bits per heavy atom. The minimum atomic E-state index is -2.31. The van der Waals surface area contributed by atoms with Crippen LogP contribution in [0.1, 0.15) is 79.7 Å². The van der Waals surface area contributed by atoms with Gasteiger partial charge in [0.25, 0.3) is 0 Å². The molecule has 3 fully saturated rings. The third kappa shape index (κ3) is 10.2. The predicted molar refractivity (Wildman–Crippen MR) is 254 cm³/mol. The highest BCUT2D eigenvalue weighted by Crippen LogP contribution is 2.43. The quantitative estimate of drug-likeness (QED) is 0.0468. The van der Waals surface area contributed by atoms with E-state index in [1.807, 2.05) is 4.90 Å². The summed E-state index contributed by atoms with van der Waals surface area (Å²) in [5, 5.41) is 11.6. The number of benzene rings is 3. The average Bonchev–Trinajstić information content (AvgIpc) is 3.56. The molecule has 0 saturated carbocycles. The summed E-state index contributed by atoms with van der Waals surface area (Å²) in [5.41, 5.74) is 5.40. The molecule has 7 rings (SSSR count). The number of likely N-dealkylation sites (tertiary alicyclic amines) is 1. The fourth-order valence-corrected chi connectivity index (χ4v) is 16.0. The van der Waals surface area contributed by atoms with Crippen LogP contribution in [-0.4, -0.2) is 130 Å². The molecule has 2 unspecified atom stereocenters. The van der Waals surface area contributed by atoms with E-state index in [9.17, 15) is 14.7 Å². The van der Waals surface area contributed by atoms with Gasteiger partial charge in [0, 0.05) is 43.1 Å². The Morgan fingerprint density at radius 3 is 2.24 bits per heavy atom. The van der Waals surface area contributed by atoms with Gasteiger partial charge >= 0.3 is 18.1 Å². The zero-order chi connectivity index (χ0) is 47.3. The lowest BCUT2D eigenvalue weighted by Crippen LogP contribution is -2.55. The van der Waals surface area contributed by atoms with Crippen molar-refractivity contribution in [1.82, 2.24) is 19.8 Å². The van der Waals surface area contributed by atoms with Crippen molar-refractivity contribution in [3.8, 4) is 34.4 Å². The van der Waals surface area contributed by atoms with Gasteiger partial charge in [-0.15, -0.1) is 5.54 Å². The molecule has 1 aromatic heterocycles. The molecule has 356 valence electrons. The SMILES string of the molecule is CCOC(=O)COCC1CCN(CCOc2nc(N3CC4CCC(C3)N4C(=O)O)c3ccc(-c4cc(OCOC)cc5ccc(F)c(C#C[Si](C(C)C)(C(C)C)C(C)C)c45)c(F)c3n2)CC1. The number of piperidine rings is 1. The summed E-state index contributed by atoms with van der Waals surface area (Å²) < 4.78 is 62.1. The first-order chi connectivity index (χ1) is 31.7. The van der Waals surface area contributed by atoms with Crippen LogP contribution in [0, 0.1) is 29.0 Å². The molecule has 1 amide bonds. The lowest BCUT2D eigenvalue weighted by atomic mass is 9.93. The topological polar surface area (TPSA) is 136 Å². The van der Waals surface area contributed by atoms with E-state index in [0.29, 0.717) is 88.7 Å². The maximum atomic E-state index is 17.8. The van der Waals surface area contributed by atoms with Crippen LogP contribution in [-0.2, 0) is 19.0 Å². The molecule has 13 nitrogen and oxygen atoms in total. The molecule has 16 heteroatoms. The van der Waals surface area contributed by atoms with Crippen LogP contribution in [0.4, 0.5) is 19.4 Å². The van der Waals surface area contributed by atoms with Crippen molar-refractivity contribution >= 4 is 47.6 Å². The van der Waals surface area contributed by atoms with Gasteiger partial charge in [0.05, 0.1) is 30.9 Å². The van der Waals surface area contributed by atoms with Crippen molar-refractivity contribution in [2.45, 2.75) is 103 Å². The summed E-state index contributed by atoms with van der Waals surface area (Å²) in [6.45, 7) is 19.0. The zero-order valence-corrected chi connectivity index (χ0v) is 40.6. The standard InChI is InChI=1S/C50H65F2N5O8Si/c1-9-63-44(58)29-62-28-34-16-19-55(20-17-34)21-22-64-49-53-47-41(48(54-49)56-26-36-11-12-37(27-56)57(36)50(59)60)14-13-39(46(47)52)42-25-38(65-30-61-8)24-35-10-15-43(51)40(45(35)42)18-23-66(31(2)3,32(4)5)33(6)7/h10,13-15,24-25,31-34,36-37H,9,11-12,16-17,19-22,26-30H2,1-8H3,(H,59,60). The van der Waals surface area contributed by atoms with Crippen LogP contribution < -0.4 is 14.4 Å². The number of aromatic nitrogens is 2. The highest BCUT2D eigenvalue weighted by molar-refractivity contribution is 6.90. The van der Waals surface area contributed by atoms with Crippen LogP contribution in [0.2, 0.25) is 16.6 Å². The summed E-state index contributed by atoms with van der Waals surface area (Å²) in [5.74, 6) is 3.04. The van der Waals surface area contributed by atoms with Crippen molar-refractivity contribution in [3.05, 3.63) is 53.6 Å². The number of hydrogen-bond donors (Lipinski definition) is 1. The highest BCUT2D eigenvalue weighted by Gasteiger charge is 2.44. The van der Waals surface area contributed by atoms with Crippen molar-refractivity contribution in [2.75, 3.05) is 78.0 Å². The maximum absolute atomic E-state index is 17.8. The molecule has 3 saturated heterocycles. The second-order valence-electron chi connectivity index (χ2n) is 18.8. The number of ether oxygens (including phenoxy) is 5. The second kappa shape index (κ2) is 21.3. The number of nitrogens with zero attached hydrogens (tertiary/aromatic N) is 5. The number of carboxylic acid groups (broad SMARTS) is 1. The molecule has 2 bridgehead atoms. The van der Waals surface area contributed by atoms with Crippen LogP contribution >= 0.6 is 0 Å². The first-order valence-corrected chi connectivity index (χ1v) is 25.7. The summed E-state index contributed by atoms with van der Waals surface area (Å²) in [4.78, 5) is 39.4. The van der Waals surface area contributed by atoms with Gasteiger partial charge in [-0.05, 0) is 103 Å². The average molecular weight is 930 g/mol. The van der Waals surface area contributed by atoms with Crippen molar-refractivity contribution in [2.24, 2.45) is 5.92 Å². The smallest absolute Gasteiger partial charge is 0.407 e. The van der Waals surface area contributed by atoms with Gasteiger partial charge in [0.1, 0.15) is 44.2 Å². The Labute approximate surface area is 388 Å². The Morgan fingerprint density at radius 2 is 1.61 bits per heavy atom. The molecule has 1 N–H and O–H groups in total. The van der Waals surface area contributed by atoms with Gasteiger partial charge in [-0.1, -0.05) is 59.6 Å². The third-order valence-electron chi connectivity index (χ3n) is 13.9. The zero-order valence-electron chi connectivity index (χ0n) is 39.6. The fourth-order valence-electron chi connectivity index (χ4n) is 10.7. The first-order valence-electron chi connectivity index (χ1n) is 23.4. The number of esters is 1. The van der Waals surface area contributed by atoms with E-state index in [4.69, 9.17) is 33.7 Å². The lowest BCUT2D eigenvalue weighted by molar-refractivity contribution is -0.149. The molecule has 4 heterocycles. The van der Waals surface area contributed by atoms with Gasteiger partial charge in [-0.3, -0.25) is 9.80 Å². The van der Waals surface area contributed by atoms with Crippen molar-refractivity contribution in [1.29, 1.82) is 0 Å². The van der Waals surface area contributed by atoms with Crippen LogP contribution in [0.5, 0.6) is 11.8 Å².